The summed E-state index contributed by atoms with van der Waals surface area (Å²) in [6.45, 7) is 0. The molecule has 0 radical (unpaired) electrons. The molecule has 4 heteroatoms. The first-order valence-corrected chi connectivity index (χ1v) is 9.91. The number of methoxy groups -OCH3 is 1. The Bertz CT molecular complexity index is 1080. The van der Waals surface area contributed by atoms with Gasteiger partial charge in [-0.3, -0.25) is 0 Å². The Morgan fingerprint density at radius 3 is 2.74 bits per heavy atom. The van der Waals surface area contributed by atoms with Crippen LogP contribution in [-0.2, 0) is 0 Å². The number of allylic oxidation sites excluding steroid dienone is 2. The zero-order valence-electron chi connectivity index (χ0n) is 14.9. The van der Waals surface area contributed by atoms with Crippen molar-refractivity contribution in [2.24, 2.45) is 5.92 Å². The fourth-order valence-electron chi connectivity index (χ4n) is 4.66. The van der Waals surface area contributed by atoms with Gasteiger partial charge in [-0.2, -0.15) is 0 Å². The van der Waals surface area contributed by atoms with Crippen molar-refractivity contribution in [3.8, 4) is 5.75 Å². The number of ether oxygens (including phenoxy) is 1. The highest BCUT2D eigenvalue weighted by molar-refractivity contribution is 6.43. The van der Waals surface area contributed by atoms with Crippen LogP contribution in [0, 0.1) is 5.92 Å². The quantitative estimate of drug-likeness (QED) is 0.472. The standard InChI is InChI=1S/C23H19Cl2NO/c1-27-19-12-9-13-5-2-3-6-14(13)20(19)22-16-8-4-7-15(16)17-10-11-18(24)21(25)23(17)26-22/h2-7,9-12,15-16,22,26H,8H2,1H3. The van der Waals surface area contributed by atoms with Gasteiger partial charge in [0.2, 0.25) is 0 Å². The van der Waals surface area contributed by atoms with Crippen LogP contribution in [0.5, 0.6) is 5.75 Å². The van der Waals surface area contributed by atoms with Crippen LogP contribution in [0.25, 0.3) is 10.8 Å². The largest absolute Gasteiger partial charge is 0.496 e. The number of hydrogen-bond acceptors (Lipinski definition) is 2. The highest BCUT2D eigenvalue weighted by Gasteiger charge is 2.40. The van der Waals surface area contributed by atoms with Crippen LogP contribution in [-0.4, -0.2) is 7.11 Å². The SMILES string of the molecule is COc1ccc2ccccc2c1C1Nc2c(ccc(Cl)c2Cl)C2C=CCC21. The minimum absolute atomic E-state index is 0.0921. The zero-order valence-corrected chi connectivity index (χ0v) is 16.4. The Morgan fingerprint density at radius 1 is 1.04 bits per heavy atom. The van der Waals surface area contributed by atoms with E-state index in [4.69, 9.17) is 27.9 Å². The third-order valence-corrected chi connectivity index (χ3v) is 6.69. The fraction of sp³-hybridized carbons (Fsp3) is 0.217. The van der Waals surface area contributed by atoms with Crippen molar-refractivity contribution in [2.45, 2.75) is 18.4 Å². The molecule has 0 aromatic heterocycles. The lowest BCUT2D eigenvalue weighted by atomic mass is 9.76. The average molecular weight is 396 g/mol. The zero-order chi connectivity index (χ0) is 18.5. The summed E-state index contributed by atoms with van der Waals surface area (Å²) in [7, 11) is 1.73. The van der Waals surface area contributed by atoms with E-state index in [-0.39, 0.29) is 6.04 Å². The summed E-state index contributed by atoms with van der Waals surface area (Å²) < 4.78 is 5.78. The topological polar surface area (TPSA) is 21.3 Å². The molecule has 2 nitrogen and oxygen atoms in total. The van der Waals surface area contributed by atoms with Gasteiger partial charge in [-0.25, -0.2) is 0 Å². The summed E-state index contributed by atoms with van der Waals surface area (Å²) in [5, 5.41) is 7.31. The van der Waals surface area contributed by atoms with E-state index in [2.05, 4.69) is 59.9 Å². The maximum atomic E-state index is 6.60. The molecule has 0 bridgehead atoms. The van der Waals surface area contributed by atoms with Crippen molar-refractivity contribution >= 4 is 39.7 Å². The van der Waals surface area contributed by atoms with E-state index in [0.29, 0.717) is 21.9 Å². The highest BCUT2D eigenvalue weighted by Crippen LogP contribution is 2.54. The molecule has 1 aliphatic heterocycles. The van der Waals surface area contributed by atoms with Gasteiger partial charge in [0.1, 0.15) is 5.75 Å². The van der Waals surface area contributed by atoms with E-state index in [1.807, 2.05) is 6.07 Å². The van der Waals surface area contributed by atoms with Crippen LogP contribution < -0.4 is 10.1 Å². The molecule has 3 atom stereocenters. The second kappa shape index (κ2) is 6.47. The first kappa shape index (κ1) is 17.0. The fourth-order valence-corrected chi connectivity index (χ4v) is 5.05. The summed E-state index contributed by atoms with van der Waals surface area (Å²) in [5.41, 5.74) is 3.35. The number of rotatable bonds is 2. The summed E-state index contributed by atoms with van der Waals surface area (Å²) in [5.74, 6) is 1.64. The van der Waals surface area contributed by atoms with Gasteiger partial charge in [-0.15, -0.1) is 0 Å². The molecular formula is C23H19Cl2NO. The van der Waals surface area contributed by atoms with Crippen molar-refractivity contribution in [1.82, 2.24) is 0 Å². The number of benzene rings is 3. The second-order valence-electron chi connectivity index (χ2n) is 7.20. The number of fused-ring (bicyclic) bond motifs is 4. The van der Waals surface area contributed by atoms with Crippen LogP contribution in [0.15, 0.2) is 60.7 Å². The van der Waals surface area contributed by atoms with Gasteiger partial charge in [0, 0.05) is 11.5 Å². The van der Waals surface area contributed by atoms with E-state index in [0.717, 1.165) is 17.9 Å². The number of hydrogen-bond donors (Lipinski definition) is 1. The number of nitrogens with one attached hydrogen (secondary N) is 1. The third kappa shape index (κ3) is 2.55. The number of halogens is 2. The van der Waals surface area contributed by atoms with Gasteiger partial charge in [0.25, 0.3) is 0 Å². The normalized spacial score (nSPS) is 23.0. The van der Waals surface area contributed by atoms with Crippen molar-refractivity contribution in [3.05, 3.63) is 81.9 Å². The summed E-state index contributed by atoms with van der Waals surface area (Å²) in [4.78, 5) is 0. The van der Waals surface area contributed by atoms with Gasteiger partial charge in [0.05, 0.1) is 28.9 Å². The lowest BCUT2D eigenvalue weighted by molar-refractivity contribution is 0.383. The summed E-state index contributed by atoms with van der Waals surface area (Å²) in [6.07, 6.45) is 5.60. The molecular weight excluding hydrogens is 377 g/mol. The molecule has 1 aliphatic carbocycles. The minimum Gasteiger partial charge on any atom is -0.496 e. The summed E-state index contributed by atoms with van der Waals surface area (Å²) in [6, 6.07) is 16.7. The Balaban J connectivity index is 1.75. The van der Waals surface area contributed by atoms with Crippen LogP contribution in [0.4, 0.5) is 5.69 Å². The van der Waals surface area contributed by atoms with Gasteiger partial charge in [-0.1, -0.05) is 71.8 Å². The molecule has 0 spiro atoms. The summed E-state index contributed by atoms with van der Waals surface area (Å²) >= 11 is 12.9. The Labute approximate surface area is 168 Å². The van der Waals surface area contributed by atoms with E-state index < -0.39 is 0 Å². The van der Waals surface area contributed by atoms with E-state index >= 15 is 0 Å². The molecule has 0 fully saturated rings. The average Bonchev–Trinajstić information content (AvgIpc) is 3.19. The maximum absolute atomic E-state index is 6.60. The Kier molecular flexibility index (Phi) is 4.07. The van der Waals surface area contributed by atoms with Crippen LogP contribution in [0.3, 0.4) is 0 Å². The molecule has 0 amide bonds. The molecule has 1 N–H and O–H groups in total. The molecule has 0 saturated heterocycles. The Morgan fingerprint density at radius 2 is 1.89 bits per heavy atom. The van der Waals surface area contributed by atoms with Crippen LogP contribution in [0.1, 0.15) is 29.5 Å². The lowest BCUT2D eigenvalue weighted by Gasteiger charge is -2.39. The molecule has 1 heterocycles. The van der Waals surface area contributed by atoms with E-state index in [1.165, 1.54) is 21.9 Å². The molecule has 3 aromatic carbocycles. The van der Waals surface area contributed by atoms with E-state index in [9.17, 15) is 0 Å². The van der Waals surface area contributed by atoms with Gasteiger partial charge in [-0.05, 0) is 40.8 Å². The lowest BCUT2D eigenvalue weighted by Crippen LogP contribution is -2.29. The van der Waals surface area contributed by atoms with Crippen LogP contribution in [0.2, 0.25) is 10.0 Å². The van der Waals surface area contributed by atoms with Crippen molar-refractivity contribution in [2.75, 3.05) is 12.4 Å². The first-order chi connectivity index (χ1) is 13.2. The highest BCUT2D eigenvalue weighted by atomic mass is 35.5. The van der Waals surface area contributed by atoms with Gasteiger partial charge >= 0.3 is 0 Å². The van der Waals surface area contributed by atoms with Gasteiger partial charge < -0.3 is 10.1 Å². The molecule has 0 saturated carbocycles. The monoisotopic (exact) mass is 395 g/mol. The molecule has 136 valence electrons. The van der Waals surface area contributed by atoms with Crippen LogP contribution >= 0.6 is 23.2 Å². The van der Waals surface area contributed by atoms with Crippen molar-refractivity contribution < 1.29 is 4.74 Å². The van der Waals surface area contributed by atoms with Crippen molar-refractivity contribution in [3.63, 3.8) is 0 Å². The number of anilines is 1. The molecule has 2 aliphatic rings. The van der Waals surface area contributed by atoms with E-state index in [1.54, 1.807) is 7.11 Å². The second-order valence-corrected chi connectivity index (χ2v) is 7.99. The minimum atomic E-state index is 0.0921. The maximum Gasteiger partial charge on any atom is 0.124 e. The predicted octanol–water partition coefficient (Wildman–Crippen LogP) is 6.98. The Hall–Kier alpha value is -2.16. The predicted molar refractivity (Wildman–Crippen MR) is 113 cm³/mol. The smallest absolute Gasteiger partial charge is 0.124 e. The molecule has 27 heavy (non-hydrogen) atoms. The van der Waals surface area contributed by atoms with Crippen molar-refractivity contribution in [1.29, 1.82) is 0 Å². The molecule has 3 unspecified atom stereocenters. The first-order valence-electron chi connectivity index (χ1n) is 9.15. The molecule has 3 aromatic rings. The molecule has 5 rings (SSSR count). The third-order valence-electron chi connectivity index (χ3n) is 5.89. The van der Waals surface area contributed by atoms with Gasteiger partial charge in [0.15, 0.2) is 0 Å².